The minimum Gasteiger partial charge on any atom is -0.490 e. The van der Waals surface area contributed by atoms with Gasteiger partial charge in [-0.1, -0.05) is 60.7 Å². The van der Waals surface area contributed by atoms with E-state index in [-0.39, 0.29) is 24.1 Å². The molecule has 9 heteroatoms. The highest BCUT2D eigenvalue weighted by Gasteiger charge is 2.20. The van der Waals surface area contributed by atoms with Gasteiger partial charge in [-0.25, -0.2) is 9.37 Å². The molecule has 0 spiro atoms. The number of halogens is 2. The summed E-state index contributed by atoms with van der Waals surface area (Å²) >= 11 is 0. The Labute approximate surface area is 311 Å². The Hall–Kier alpha value is -5.44. The molecule has 4 aromatic carbocycles. The lowest BCUT2D eigenvalue weighted by molar-refractivity contribution is -0.127. The highest BCUT2D eigenvalue weighted by Crippen LogP contribution is 2.30. The lowest BCUT2D eigenvalue weighted by Crippen LogP contribution is -2.47. The third-order valence-electron chi connectivity index (χ3n) is 8.61. The average Bonchev–Trinajstić information content (AvgIpc) is 3.15. The zero-order chi connectivity index (χ0) is 35.4. The number of hydrogen-bond acceptors (Lipinski definition) is 6. The van der Waals surface area contributed by atoms with Crippen molar-refractivity contribution < 1.29 is 23.4 Å². The van der Waals surface area contributed by atoms with Gasteiger partial charge in [0.1, 0.15) is 36.3 Å². The molecule has 1 aliphatic rings. The molecule has 0 N–H and O–H groups in total. The number of carbonyl (C=O) groups is 1. The van der Waals surface area contributed by atoms with Crippen molar-refractivity contribution in [3.63, 3.8) is 0 Å². The molecule has 1 saturated heterocycles. The maximum Gasteiger partial charge on any atom is 0.246 e. The quantitative estimate of drug-likeness (QED) is 0.113. The molecule has 5 aromatic rings. The Bertz CT molecular complexity index is 1920. The number of aryl methyl sites for hydroxylation is 2. The fourth-order valence-electron chi connectivity index (χ4n) is 5.84. The van der Waals surface area contributed by atoms with Crippen molar-refractivity contribution in [3.8, 4) is 23.1 Å². The summed E-state index contributed by atoms with van der Waals surface area (Å²) in [6.07, 6.45) is 9.23. The number of rotatable bonds is 13. The summed E-state index contributed by atoms with van der Waals surface area (Å²) in [5.74, 6) is 2.36. The first-order chi connectivity index (χ1) is 24.9. The van der Waals surface area contributed by atoms with Crippen LogP contribution in [0.5, 0.6) is 23.1 Å². The monoisotopic (exact) mass is 719 g/mol. The smallest absolute Gasteiger partial charge is 0.246 e. The minimum absolute atomic E-state index is 0. The van der Waals surface area contributed by atoms with E-state index in [9.17, 15) is 9.18 Å². The normalized spacial score (nSPS) is 13.2. The van der Waals surface area contributed by atoms with E-state index < -0.39 is 0 Å². The molecule has 7 nitrogen and oxygen atoms in total. The number of carbonyl (C=O) groups excluding carboxylic acids is 1. The van der Waals surface area contributed by atoms with Crippen LogP contribution in [0.2, 0.25) is 0 Å². The maximum atomic E-state index is 13.1. The molecule has 0 bridgehead atoms. The van der Waals surface area contributed by atoms with E-state index in [2.05, 4.69) is 40.2 Å². The van der Waals surface area contributed by atoms with Crippen LogP contribution < -0.4 is 14.2 Å². The molecule has 0 atom stereocenters. The zero-order valence-electron chi connectivity index (χ0n) is 29.4. The zero-order valence-corrected chi connectivity index (χ0v) is 30.2. The lowest BCUT2D eigenvalue weighted by atomic mass is 10.1. The number of para-hydroxylation sites is 1. The van der Waals surface area contributed by atoms with E-state index in [0.717, 1.165) is 59.0 Å². The van der Waals surface area contributed by atoms with Gasteiger partial charge in [0.2, 0.25) is 11.8 Å². The Morgan fingerprint density at radius 2 is 1.46 bits per heavy atom. The number of aromatic nitrogens is 1. The minimum atomic E-state index is -0.278. The van der Waals surface area contributed by atoms with E-state index in [0.29, 0.717) is 37.9 Å². The average molecular weight is 720 g/mol. The third kappa shape index (κ3) is 11.0. The predicted molar refractivity (Wildman–Crippen MR) is 207 cm³/mol. The second-order valence-corrected chi connectivity index (χ2v) is 12.5. The molecule has 268 valence electrons. The van der Waals surface area contributed by atoms with E-state index in [1.54, 1.807) is 36.5 Å². The second-order valence-electron chi connectivity index (χ2n) is 12.5. The first kappa shape index (κ1) is 37.8. The highest BCUT2D eigenvalue weighted by atomic mass is 35.5. The Morgan fingerprint density at radius 3 is 2.13 bits per heavy atom. The van der Waals surface area contributed by atoms with Crippen molar-refractivity contribution in [1.82, 2.24) is 14.8 Å². The largest absolute Gasteiger partial charge is 0.490 e. The van der Waals surface area contributed by atoms with Crippen LogP contribution in [0.25, 0.3) is 12.2 Å². The summed E-state index contributed by atoms with van der Waals surface area (Å²) in [7, 11) is 0. The molecule has 6 rings (SSSR count). The summed E-state index contributed by atoms with van der Waals surface area (Å²) < 4.78 is 30.7. The van der Waals surface area contributed by atoms with Crippen molar-refractivity contribution in [2.24, 2.45) is 0 Å². The fraction of sp³-hybridized carbons (Fsp3) is 0.209. The van der Waals surface area contributed by atoms with Gasteiger partial charge in [0.15, 0.2) is 0 Å². The first-order valence-corrected chi connectivity index (χ1v) is 17.1. The fourth-order valence-corrected chi connectivity index (χ4v) is 5.84. The van der Waals surface area contributed by atoms with Gasteiger partial charge in [-0.3, -0.25) is 9.69 Å². The lowest BCUT2D eigenvalue weighted by Gasteiger charge is -2.34. The van der Waals surface area contributed by atoms with Gasteiger partial charge < -0.3 is 19.1 Å². The molecular weight excluding hydrogens is 677 g/mol. The van der Waals surface area contributed by atoms with Crippen molar-refractivity contribution >= 4 is 30.5 Å². The summed E-state index contributed by atoms with van der Waals surface area (Å²) in [6.45, 7) is 8.71. The Balaban J connectivity index is 0.00000523. The topological polar surface area (TPSA) is 64.1 Å². The van der Waals surface area contributed by atoms with E-state index in [4.69, 9.17) is 14.2 Å². The summed E-state index contributed by atoms with van der Waals surface area (Å²) in [4.78, 5) is 21.7. The van der Waals surface area contributed by atoms with Crippen LogP contribution >= 0.6 is 12.4 Å². The molecule has 1 aliphatic heterocycles. The van der Waals surface area contributed by atoms with E-state index in [1.165, 1.54) is 17.7 Å². The standard InChI is InChI=1S/C43H42FN3O4.ClH/c1-32-27-37(28-33(2)43(32)51-41-20-19-40(29-45-41)50-31-36-14-17-38(44)18-15-36)16-21-42(48)47-24-22-46(23-25-47)30-35-12-10-34(11-13-35)7-6-26-49-39-8-4-3-5-9-39;/h3-21,27-29H,22-26,30-31H2,1-2H3;1H. The van der Waals surface area contributed by atoms with Crippen LogP contribution in [0.4, 0.5) is 4.39 Å². The Morgan fingerprint density at radius 1 is 0.769 bits per heavy atom. The van der Waals surface area contributed by atoms with Gasteiger partial charge in [0.05, 0.1) is 6.20 Å². The number of amides is 1. The molecular formula is C43H43ClFN3O4. The molecule has 1 amide bonds. The number of hydrogen-bond donors (Lipinski definition) is 0. The van der Waals surface area contributed by atoms with Crippen LogP contribution in [-0.4, -0.2) is 53.5 Å². The summed E-state index contributed by atoms with van der Waals surface area (Å²) in [6, 6.07) is 32.1. The second kappa shape index (κ2) is 18.7. The van der Waals surface area contributed by atoms with Crippen molar-refractivity contribution in [2.45, 2.75) is 27.0 Å². The van der Waals surface area contributed by atoms with Gasteiger partial charge >= 0.3 is 0 Å². The molecule has 1 aromatic heterocycles. The molecule has 2 heterocycles. The first-order valence-electron chi connectivity index (χ1n) is 17.1. The van der Waals surface area contributed by atoms with Crippen LogP contribution in [0.3, 0.4) is 0 Å². The van der Waals surface area contributed by atoms with Gasteiger partial charge in [0.25, 0.3) is 0 Å². The SMILES string of the molecule is Cc1cc(C=CC(=O)N2CCN(Cc3ccc(C=CCOc4ccccc4)cc3)CC2)cc(C)c1Oc1ccc(OCc2ccc(F)cc2)cn1.Cl. The molecule has 0 saturated carbocycles. The van der Waals surface area contributed by atoms with Crippen molar-refractivity contribution in [2.75, 3.05) is 32.8 Å². The maximum absolute atomic E-state index is 13.1. The van der Waals surface area contributed by atoms with Crippen LogP contribution in [0.1, 0.15) is 33.4 Å². The van der Waals surface area contributed by atoms with E-state index >= 15 is 0 Å². The number of pyridine rings is 1. The van der Waals surface area contributed by atoms with Crippen LogP contribution in [-0.2, 0) is 17.9 Å². The van der Waals surface area contributed by atoms with Crippen molar-refractivity contribution in [1.29, 1.82) is 0 Å². The molecule has 52 heavy (non-hydrogen) atoms. The Kier molecular flexibility index (Phi) is 13.6. The summed E-state index contributed by atoms with van der Waals surface area (Å²) in [5.41, 5.74) is 6.07. The van der Waals surface area contributed by atoms with Gasteiger partial charge in [-0.15, -0.1) is 12.4 Å². The van der Waals surface area contributed by atoms with Crippen LogP contribution in [0, 0.1) is 19.7 Å². The molecule has 0 radical (unpaired) electrons. The molecule has 0 aliphatic carbocycles. The number of nitrogens with zero attached hydrogens (tertiary/aromatic N) is 3. The molecule has 0 unspecified atom stereocenters. The van der Waals surface area contributed by atoms with Crippen LogP contribution in [0.15, 0.2) is 121 Å². The molecule has 1 fully saturated rings. The predicted octanol–water partition coefficient (Wildman–Crippen LogP) is 9.08. The van der Waals surface area contributed by atoms with Gasteiger partial charge in [-0.2, -0.15) is 0 Å². The van der Waals surface area contributed by atoms with Crippen molar-refractivity contribution in [3.05, 3.63) is 161 Å². The van der Waals surface area contributed by atoms with Gasteiger partial charge in [0, 0.05) is 44.9 Å². The number of benzene rings is 4. The van der Waals surface area contributed by atoms with Gasteiger partial charge in [-0.05, 0) is 102 Å². The summed E-state index contributed by atoms with van der Waals surface area (Å²) in [5, 5.41) is 0. The number of ether oxygens (including phenoxy) is 3. The number of piperazine rings is 1. The third-order valence-corrected chi connectivity index (χ3v) is 8.61. The highest BCUT2D eigenvalue weighted by molar-refractivity contribution is 5.92. The van der Waals surface area contributed by atoms with E-state index in [1.807, 2.05) is 73.4 Å².